The summed E-state index contributed by atoms with van der Waals surface area (Å²) in [5.74, 6) is 0.549. The summed E-state index contributed by atoms with van der Waals surface area (Å²) >= 11 is 0. The summed E-state index contributed by atoms with van der Waals surface area (Å²) < 4.78 is 5.04. The van der Waals surface area contributed by atoms with Crippen molar-refractivity contribution in [2.45, 2.75) is 46.1 Å². The van der Waals surface area contributed by atoms with Gasteiger partial charge in [-0.05, 0) is 26.7 Å². The molecule has 0 radical (unpaired) electrons. The van der Waals surface area contributed by atoms with Crippen LogP contribution < -0.4 is 5.32 Å². The Balaban J connectivity index is 2.03. The second-order valence-electron chi connectivity index (χ2n) is 4.89. The second kappa shape index (κ2) is 4.81. The summed E-state index contributed by atoms with van der Waals surface area (Å²) in [6.45, 7) is 4.04. The summed E-state index contributed by atoms with van der Waals surface area (Å²) in [5.41, 5.74) is 0.860. The van der Waals surface area contributed by atoms with Gasteiger partial charge >= 0.3 is 0 Å². The van der Waals surface area contributed by atoms with Crippen LogP contribution in [0.5, 0.6) is 0 Å². The molecule has 0 bridgehead atoms. The van der Waals surface area contributed by atoms with Gasteiger partial charge in [0.05, 0.1) is 11.8 Å². The van der Waals surface area contributed by atoms with Gasteiger partial charge in [-0.15, -0.1) is 0 Å². The number of carbonyl (C=O) groups is 1. The average Bonchev–Trinajstić information content (AvgIpc) is 2.96. The Kier molecular flexibility index (Phi) is 3.37. The molecule has 96 valence electrons. The third-order valence-electron chi connectivity index (χ3n) is 3.71. The number of nitrogens with zero attached hydrogens (tertiary/aromatic N) is 2. The molecule has 0 aliphatic heterocycles. The molecule has 1 aromatic rings. The largest absolute Gasteiger partial charge is 0.361 e. The van der Waals surface area contributed by atoms with E-state index in [1.54, 1.807) is 0 Å². The molecule has 0 saturated heterocycles. The Bertz CT molecular complexity index is 473. The molecule has 1 heterocycles. The van der Waals surface area contributed by atoms with Crippen LogP contribution in [0.3, 0.4) is 0 Å². The van der Waals surface area contributed by atoms with Crippen molar-refractivity contribution in [2.24, 2.45) is 5.41 Å². The van der Waals surface area contributed by atoms with Crippen LogP contribution in [0.25, 0.3) is 0 Å². The van der Waals surface area contributed by atoms with Crippen molar-refractivity contribution in [3.05, 3.63) is 17.0 Å². The molecule has 1 aromatic heterocycles. The van der Waals surface area contributed by atoms with Crippen molar-refractivity contribution in [3.63, 3.8) is 0 Å². The van der Waals surface area contributed by atoms with Crippen molar-refractivity contribution < 1.29 is 9.32 Å². The third kappa shape index (κ3) is 2.10. The Morgan fingerprint density at radius 1 is 1.50 bits per heavy atom. The first-order valence-corrected chi connectivity index (χ1v) is 6.20. The number of aryl methyl sites for hydroxylation is 2. The first-order valence-electron chi connectivity index (χ1n) is 6.20. The van der Waals surface area contributed by atoms with E-state index in [2.05, 4.69) is 16.5 Å². The highest BCUT2D eigenvalue weighted by molar-refractivity contribution is 5.85. The maximum Gasteiger partial charge on any atom is 0.240 e. The number of amides is 1. The zero-order valence-corrected chi connectivity index (χ0v) is 10.7. The van der Waals surface area contributed by atoms with Gasteiger partial charge in [0, 0.05) is 12.1 Å². The van der Waals surface area contributed by atoms with E-state index in [4.69, 9.17) is 4.52 Å². The molecule has 1 amide bonds. The molecule has 0 unspecified atom stereocenters. The summed E-state index contributed by atoms with van der Waals surface area (Å²) in [5, 5.41) is 15.9. The van der Waals surface area contributed by atoms with E-state index in [0.717, 1.165) is 24.1 Å². The Morgan fingerprint density at radius 3 is 2.67 bits per heavy atom. The number of carbonyl (C=O) groups excluding carboxylic acids is 1. The van der Waals surface area contributed by atoms with E-state index >= 15 is 0 Å². The van der Waals surface area contributed by atoms with Crippen molar-refractivity contribution >= 4 is 5.91 Å². The van der Waals surface area contributed by atoms with Gasteiger partial charge in [-0.25, -0.2) is 0 Å². The zero-order chi connectivity index (χ0) is 13.2. The van der Waals surface area contributed by atoms with E-state index < -0.39 is 5.41 Å². The van der Waals surface area contributed by atoms with Gasteiger partial charge in [0.15, 0.2) is 0 Å². The topological polar surface area (TPSA) is 78.9 Å². The molecule has 5 heteroatoms. The van der Waals surface area contributed by atoms with Crippen LogP contribution in [-0.4, -0.2) is 11.1 Å². The third-order valence-corrected chi connectivity index (χ3v) is 3.71. The van der Waals surface area contributed by atoms with Gasteiger partial charge in [-0.3, -0.25) is 4.79 Å². The first-order chi connectivity index (χ1) is 8.59. The van der Waals surface area contributed by atoms with Crippen LogP contribution in [0.2, 0.25) is 0 Å². The van der Waals surface area contributed by atoms with Crippen LogP contribution in [-0.2, 0) is 11.3 Å². The number of nitrogens with one attached hydrogen (secondary N) is 1. The van der Waals surface area contributed by atoms with Gasteiger partial charge < -0.3 is 9.84 Å². The lowest BCUT2D eigenvalue weighted by Gasteiger charge is -2.19. The minimum atomic E-state index is -0.820. The number of aromatic nitrogens is 1. The summed E-state index contributed by atoms with van der Waals surface area (Å²) in [7, 11) is 0. The molecule has 1 aliphatic rings. The maximum absolute atomic E-state index is 12.1. The fourth-order valence-corrected chi connectivity index (χ4v) is 2.46. The van der Waals surface area contributed by atoms with Crippen molar-refractivity contribution in [2.75, 3.05) is 0 Å². The first kappa shape index (κ1) is 12.6. The molecule has 1 aliphatic carbocycles. The van der Waals surface area contributed by atoms with Crippen LogP contribution in [0.1, 0.15) is 42.7 Å². The highest BCUT2D eigenvalue weighted by Gasteiger charge is 2.41. The van der Waals surface area contributed by atoms with Crippen LogP contribution in [0, 0.1) is 30.6 Å². The lowest BCUT2D eigenvalue weighted by Crippen LogP contribution is -2.38. The lowest BCUT2D eigenvalue weighted by atomic mass is 9.87. The molecule has 18 heavy (non-hydrogen) atoms. The molecular formula is C13H17N3O2. The Labute approximate surface area is 106 Å². The average molecular weight is 247 g/mol. The van der Waals surface area contributed by atoms with Crippen molar-refractivity contribution in [1.29, 1.82) is 5.26 Å². The Hall–Kier alpha value is -1.83. The van der Waals surface area contributed by atoms with E-state index in [0.29, 0.717) is 25.1 Å². The zero-order valence-electron chi connectivity index (χ0n) is 10.7. The Morgan fingerprint density at radius 2 is 2.17 bits per heavy atom. The maximum atomic E-state index is 12.1. The van der Waals surface area contributed by atoms with Crippen LogP contribution >= 0.6 is 0 Å². The van der Waals surface area contributed by atoms with Gasteiger partial charge in [0.1, 0.15) is 11.2 Å². The molecule has 1 N–H and O–H groups in total. The molecule has 5 nitrogen and oxygen atoms in total. The van der Waals surface area contributed by atoms with E-state index in [9.17, 15) is 10.1 Å². The lowest BCUT2D eigenvalue weighted by molar-refractivity contribution is -0.128. The van der Waals surface area contributed by atoms with E-state index in [-0.39, 0.29) is 5.91 Å². The monoisotopic (exact) mass is 247 g/mol. The van der Waals surface area contributed by atoms with E-state index in [1.807, 2.05) is 13.8 Å². The molecule has 1 saturated carbocycles. The predicted octanol–water partition coefficient (Wildman–Crippen LogP) is 1.99. The summed E-state index contributed by atoms with van der Waals surface area (Å²) in [6, 6.07) is 2.19. The number of rotatable bonds is 3. The fourth-order valence-electron chi connectivity index (χ4n) is 2.46. The smallest absolute Gasteiger partial charge is 0.240 e. The highest BCUT2D eigenvalue weighted by atomic mass is 16.5. The van der Waals surface area contributed by atoms with Crippen molar-refractivity contribution in [3.8, 4) is 6.07 Å². The standard InChI is InChI=1S/C13H17N3O2/c1-9-11(10(2)18-16-9)7-15-12(17)13(8-14)5-3-4-6-13/h3-7H2,1-2H3,(H,15,17). The fraction of sp³-hybridized carbons (Fsp3) is 0.615. The molecule has 2 rings (SSSR count). The molecular weight excluding hydrogens is 230 g/mol. The number of nitriles is 1. The molecule has 0 spiro atoms. The highest BCUT2D eigenvalue weighted by Crippen LogP contribution is 2.37. The van der Waals surface area contributed by atoms with Gasteiger partial charge in [0.2, 0.25) is 5.91 Å². The van der Waals surface area contributed by atoms with E-state index in [1.165, 1.54) is 0 Å². The minimum Gasteiger partial charge on any atom is -0.361 e. The van der Waals surface area contributed by atoms with Gasteiger partial charge in [-0.2, -0.15) is 5.26 Å². The second-order valence-corrected chi connectivity index (χ2v) is 4.89. The summed E-state index contributed by atoms with van der Waals surface area (Å²) in [4.78, 5) is 12.1. The minimum absolute atomic E-state index is 0.164. The van der Waals surface area contributed by atoms with Crippen molar-refractivity contribution in [1.82, 2.24) is 10.5 Å². The summed E-state index contributed by atoms with van der Waals surface area (Å²) in [6.07, 6.45) is 3.23. The normalized spacial score (nSPS) is 17.4. The molecule has 0 aromatic carbocycles. The molecule has 0 atom stereocenters. The predicted molar refractivity (Wildman–Crippen MR) is 64.3 cm³/mol. The van der Waals surface area contributed by atoms with Gasteiger partial charge in [0.25, 0.3) is 0 Å². The molecule has 1 fully saturated rings. The number of hydrogen-bond donors (Lipinski definition) is 1. The quantitative estimate of drug-likeness (QED) is 0.885. The van der Waals surface area contributed by atoms with Crippen LogP contribution in [0.4, 0.5) is 0 Å². The number of hydrogen-bond acceptors (Lipinski definition) is 4. The van der Waals surface area contributed by atoms with Crippen LogP contribution in [0.15, 0.2) is 4.52 Å². The van der Waals surface area contributed by atoms with Gasteiger partial charge in [-0.1, -0.05) is 18.0 Å². The SMILES string of the molecule is Cc1noc(C)c1CNC(=O)C1(C#N)CCCC1.